The average molecular weight is 253 g/mol. The van der Waals surface area contributed by atoms with E-state index in [0.717, 1.165) is 18.4 Å². The molecule has 0 unspecified atom stereocenters. The highest BCUT2D eigenvalue weighted by atomic mass is 16.2. The second-order valence-electron chi connectivity index (χ2n) is 4.88. The SMILES string of the molecule is Nc1ccc(NC(=O)C2(c3ccccc3)CC2)nc1. The summed E-state index contributed by atoms with van der Waals surface area (Å²) in [6.45, 7) is 0. The van der Waals surface area contributed by atoms with E-state index in [1.165, 1.54) is 6.20 Å². The maximum Gasteiger partial charge on any atom is 0.236 e. The van der Waals surface area contributed by atoms with E-state index in [9.17, 15) is 4.79 Å². The summed E-state index contributed by atoms with van der Waals surface area (Å²) in [5.74, 6) is 0.553. The molecule has 1 heterocycles. The molecule has 1 fully saturated rings. The van der Waals surface area contributed by atoms with Gasteiger partial charge in [0.05, 0.1) is 17.3 Å². The number of nitrogens with one attached hydrogen (secondary N) is 1. The lowest BCUT2D eigenvalue weighted by atomic mass is 9.95. The van der Waals surface area contributed by atoms with Gasteiger partial charge < -0.3 is 11.1 Å². The topological polar surface area (TPSA) is 68.0 Å². The molecule has 1 aromatic carbocycles. The Morgan fingerprint density at radius 1 is 1.16 bits per heavy atom. The van der Waals surface area contributed by atoms with Crippen molar-refractivity contribution in [1.29, 1.82) is 0 Å². The summed E-state index contributed by atoms with van der Waals surface area (Å²) in [6.07, 6.45) is 3.31. The minimum absolute atomic E-state index is 0.0102. The normalized spacial score (nSPS) is 15.8. The summed E-state index contributed by atoms with van der Waals surface area (Å²) >= 11 is 0. The molecule has 19 heavy (non-hydrogen) atoms. The molecule has 0 bridgehead atoms. The zero-order valence-electron chi connectivity index (χ0n) is 10.5. The number of nitrogen functional groups attached to an aromatic ring is 1. The fourth-order valence-corrected chi connectivity index (χ4v) is 2.24. The van der Waals surface area contributed by atoms with Crippen LogP contribution in [0, 0.1) is 0 Å². The molecule has 3 rings (SSSR count). The van der Waals surface area contributed by atoms with Gasteiger partial charge in [-0.15, -0.1) is 0 Å². The Balaban J connectivity index is 1.79. The van der Waals surface area contributed by atoms with Gasteiger partial charge in [0.2, 0.25) is 5.91 Å². The highest BCUT2D eigenvalue weighted by Gasteiger charge is 2.51. The largest absolute Gasteiger partial charge is 0.397 e. The molecule has 3 N–H and O–H groups in total. The third kappa shape index (κ3) is 2.17. The van der Waals surface area contributed by atoms with E-state index in [2.05, 4.69) is 10.3 Å². The second-order valence-corrected chi connectivity index (χ2v) is 4.88. The molecule has 0 radical (unpaired) electrons. The minimum atomic E-state index is -0.371. The zero-order chi connectivity index (χ0) is 13.3. The quantitative estimate of drug-likeness (QED) is 0.882. The van der Waals surface area contributed by atoms with Gasteiger partial charge in [-0.2, -0.15) is 0 Å². The van der Waals surface area contributed by atoms with Crippen LogP contribution in [0.5, 0.6) is 0 Å². The summed E-state index contributed by atoms with van der Waals surface area (Å²) in [5.41, 5.74) is 6.86. The third-order valence-electron chi connectivity index (χ3n) is 3.54. The Hall–Kier alpha value is -2.36. The molecule has 0 saturated heterocycles. The van der Waals surface area contributed by atoms with Crippen LogP contribution in [0.1, 0.15) is 18.4 Å². The number of hydrogen-bond acceptors (Lipinski definition) is 3. The Morgan fingerprint density at radius 2 is 1.89 bits per heavy atom. The van der Waals surface area contributed by atoms with Crippen molar-refractivity contribution in [2.45, 2.75) is 18.3 Å². The van der Waals surface area contributed by atoms with Crippen molar-refractivity contribution in [3.8, 4) is 0 Å². The van der Waals surface area contributed by atoms with Gasteiger partial charge in [-0.25, -0.2) is 4.98 Å². The number of nitrogens with two attached hydrogens (primary N) is 1. The number of aromatic nitrogens is 1. The molecule has 0 atom stereocenters. The van der Waals surface area contributed by atoms with Crippen LogP contribution in [0.3, 0.4) is 0 Å². The van der Waals surface area contributed by atoms with Crippen LogP contribution in [0.4, 0.5) is 11.5 Å². The summed E-state index contributed by atoms with van der Waals surface area (Å²) < 4.78 is 0. The number of nitrogens with zero attached hydrogens (tertiary/aromatic N) is 1. The van der Waals surface area contributed by atoms with Crippen LogP contribution in [-0.4, -0.2) is 10.9 Å². The van der Waals surface area contributed by atoms with E-state index >= 15 is 0 Å². The van der Waals surface area contributed by atoms with Crippen molar-refractivity contribution in [2.24, 2.45) is 0 Å². The molecule has 4 nitrogen and oxygen atoms in total. The lowest BCUT2D eigenvalue weighted by Crippen LogP contribution is -2.28. The van der Waals surface area contributed by atoms with Gasteiger partial charge in [0, 0.05) is 0 Å². The predicted octanol–water partition coefficient (Wildman–Crippen LogP) is 2.33. The molecule has 1 saturated carbocycles. The van der Waals surface area contributed by atoms with Crippen molar-refractivity contribution in [3.63, 3.8) is 0 Å². The first-order valence-electron chi connectivity index (χ1n) is 6.29. The summed E-state index contributed by atoms with van der Waals surface area (Å²) in [6, 6.07) is 13.3. The van der Waals surface area contributed by atoms with Crippen molar-refractivity contribution in [3.05, 3.63) is 54.2 Å². The van der Waals surface area contributed by atoms with Crippen LogP contribution in [-0.2, 0) is 10.2 Å². The maximum atomic E-state index is 12.4. The standard InChI is InChI=1S/C15H15N3O/c16-12-6-7-13(17-10-12)18-14(19)15(8-9-15)11-4-2-1-3-5-11/h1-7,10H,8-9,16H2,(H,17,18,19). The molecule has 96 valence electrons. The number of amides is 1. The highest BCUT2D eigenvalue weighted by molar-refractivity contribution is 6.00. The fraction of sp³-hybridized carbons (Fsp3) is 0.200. The van der Waals surface area contributed by atoms with Crippen LogP contribution < -0.4 is 11.1 Å². The van der Waals surface area contributed by atoms with Crippen molar-refractivity contribution in [1.82, 2.24) is 4.98 Å². The first-order valence-corrected chi connectivity index (χ1v) is 6.29. The smallest absolute Gasteiger partial charge is 0.236 e. The first kappa shape index (κ1) is 11.7. The predicted molar refractivity (Wildman–Crippen MR) is 74.6 cm³/mol. The molecule has 1 aliphatic rings. The van der Waals surface area contributed by atoms with Gasteiger partial charge in [-0.05, 0) is 30.5 Å². The monoisotopic (exact) mass is 253 g/mol. The Bertz CT molecular complexity index is 589. The van der Waals surface area contributed by atoms with Gasteiger partial charge in [-0.3, -0.25) is 4.79 Å². The van der Waals surface area contributed by atoms with E-state index in [-0.39, 0.29) is 11.3 Å². The molecule has 4 heteroatoms. The van der Waals surface area contributed by atoms with E-state index in [1.54, 1.807) is 12.1 Å². The van der Waals surface area contributed by atoms with E-state index in [0.29, 0.717) is 11.5 Å². The molecule has 1 aliphatic carbocycles. The molecular formula is C15H15N3O. The van der Waals surface area contributed by atoms with Crippen LogP contribution >= 0.6 is 0 Å². The number of anilines is 2. The van der Waals surface area contributed by atoms with Crippen LogP contribution in [0.15, 0.2) is 48.7 Å². The molecule has 1 aromatic heterocycles. The lowest BCUT2D eigenvalue weighted by molar-refractivity contribution is -0.118. The highest BCUT2D eigenvalue weighted by Crippen LogP contribution is 2.48. The van der Waals surface area contributed by atoms with Crippen LogP contribution in [0.25, 0.3) is 0 Å². The van der Waals surface area contributed by atoms with Gasteiger partial charge in [-0.1, -0.05) is 30.3 Å². The molecule has 2 aromatic rings. The molecular weight excluding hydrogens is 238 g/mol. The first-order chi connectivity index (χ1) is 9.21. The average Bonchev–Trinajstić information content (AvgIpc) is 3.24. The Kier molecular flexibility index (Phi) is 2.71. The summed E-state index contributed by atoms with van der Waals surface area (Å²) in [4.78, 5) is 16.5. The molecule has 0 aliphatic heterocycles. The zero-order valence-corrected chi connectivity index (χ0v) is 10.5. The van der Waals surface area contributed by atoms with Crippen LogP contribution in [0.2, 0.25) is 0 Å². The number of hydrogen-bond donors (Lipinski definition) is 2. The Labute approximate surface area is 111 Å². The van der Waals surface area contributed by atoms with Crippen molar-refractivity contribution in [2.75, 3.05) is 11.1 Å². The van der Waals surface area contributed by atoms with Crippen molar-refractivity contribution < 1.29 is 4.79 Å². The van der Waals surface area contributed by atoms with E-state index in [4.69, 9.17) is 5.73 Å². The van der Waals surface area contributed by atoms with Crippen molar-refractivity contribution >= 4 is 17.4 Å². The van der Waals surface area contributed by atoms with E-state index < -0.39 is 0 Å². The fourth-order valence-electron chi connectivity index (χ4n) is 2.24. The summed E-state index contributed by atoms with van der Waals surface area (Å²) in [5, 5.41) is 2.86. The second kappa shape index (κ2) is 4.39. The molecule has 1 amide bonds. The molecule has 0 spiro atoms. The van der Waals surface area contributed by atoms with Gasteiger partial charge in [0.15, 0.2) is 0 Å². The number of carbonyl (C=O) groups is 1. The Morgan fingerprint density at radius 3 is 2.47 bits per heavy atom. The van der Waals surface area contributed by atoms with Gasteiger partial charge >= 0.3 is 0 Å². The minimum Gasteiger partial charge on any atom is -0.397 e. The lowest BCUT2D eigenvalue weighted by Gasteiger charge is -2.15. The van der Waals surface area contributed by atoms with Gasteiger partial charge in [0.25, 0.3) is 0 Å². The third-order valence-corrected chi connectivity index (χ3v) is 3.54. The van der Waals surface area contributed by atoms with E-state index in [1.807, 2.05) is 30.3 Å². The van der Waals surface area contributed by atoms with Gasteiger partial charge in [0.1, 0.15) is 5.82 Å². The maximum absolute atomic E-state index is 12.4. The number of pyridine rings is 1. The number of benzene rings is 1. The number of carbonyl (C=O) groups excluding carboxylic acids is 1. The summed E-state index contributed by atoms with van der Waals surface area (Å²) in [7, 11) is 0. The number of rotatable bonds is 3.